The molecule has 32 heavy (non-hydrogen) atoms. The summed E-state index contributed by atoms with van der Waals surface area (Å²) in [6.07, 6.45) is 7.69. The van der Waals surface area contributed by atoms with Crippen molar-refractivity contribution in [1.82, 2.24) is 19.9 Å². The smallest absolute Gasteiger partial charge is 0.254 e. The third kappa shape index (κ3) is 4.21. The molecule has 8 heteroatoms. The van der Waals surface area contributed by atoms with Crippen LogP contribution < -0.4 is 15.5 Å². The number of carbonyl (C=O) groups excluding carboxylic acids is 2. The highest BCUT2D eigenvalue weighted by Gasteiger charge is 2.24. The van der Waals surface area contributed by atoms with Gasteiger partial charge in [0.15, 0.2) is 0 Å². The minimum atomic E-state index is -0.338. The molecule has 8 nitrogen and oxygen atoms in total. The lowest BCUT2D eigenvalue weighted by Gasteiger charge is -2.32. The van der Waals surface area contributed by atoms with Crippen molar-refractivity contribution in [3.05, 3.63) is 54.0 Å². The Morgan fingerprint density at radius 2 is 2.03 bits per heavy atom. The normalized spacial score (nSPS) is 18.5. The quantitative estimate of drug-likeness (QED) is 0.478. The molecule has 0 atom stereocenters. The van der Waals surface area contributed by atoms with Crippen molar-refractivity contribution in [3.8, 4) is 0 Å². The molecule has 2 N–H and O–H groups in total. The summed E-state index contributed by atoms with van der Waals surface area (Å²) in [5.41, 5.74) is 3.49. The van der Waals surface area contributed by atoms with Crippen LogP contribution in [0.1, 0.15) is 25.0 Å². The second kappa shape index (κ2) is 8.45. The first-order valence-corrected chi connectivity index (χ1v) is 11.0. The number of anilines is 2. The van der Waals surface area contributed by atoms with Gasteiger partial charge >= 0.3 is 0 Å². The molecule has 1 aromatic carbocycles. The number of rotatable bonds is 5. The second-order valence-corrected chi connectivity index (χ2v) is 8.52. The Labute approximate surface area is 186 Å². The van der Waals surface area contributed by atoms with Crippen LogP contribution in [0.25, 0.3) is 17.0 Å². The van der Waals surface area contributed by atoms with Gasteiger partial charge in [0.05, 0.1) is 12.1 Å². The number of hydrogen-bond acceptors (Lipinski definition) is 6. The first-order chi connectivity index (χ1) is 15.5. The summed E-state index contributed by atoms with van der Waals surface area (Å²) in [4.78, 5) is 34.4. The molecule has 2 aliphatic heterocycles. The number of nitrogens with one attached hydrogen (secondary N) is 2. The standard InChI is InChI=1S/C24H26N6O2/c1-29-9-7-17-12-19(2-3-21(17)29)26-15-16-5-10-30(11-6-16)24-25-8-4-20(27-24)13-18-14-22(31)28-23(18)32/h2-4,7-9,12-13,16,26H,5-6,10-11,14-15H2,1H3,(H,28,31,32)/b18-13+. The monoisotopic (exact) mass is 430 g/mol. The Kier molecular flexibility index (Phi) is 5.34. The van der Waals surface area contributed by atoms with E-state index >= 15 is 0 Å². The number of nitrogens with zero attached hydrogens (tertiary/aromatic N) is 4. The van der Waals surface area contributed by atoms with Crippen LogP contribution in [0.3, 0.4) is 0 Å². The van der Waals surface area contributed by atoms with E-state index in [-0.39, 0.29) is 18.2 Å². The van der Waals surface area contributed by atoms with Crippen LogP contribution in [0.4, 0.5) is 11.6 Å². The van der Waals surface area contributed by atoms with Crippen molar-refractivity contribution in [2.24, 2.45) is 13.0 Å². The molecule has 2 saturated heterocycles. The van der Waals surface area contributed by atoms with E-state index in [1.54, 1.807) is 18.3 Å². The minimum absolute atomic E-state index is 0.105. The van der Waals surface area contributed by atoms with Crippen LogP contribution in [0.5, 0.6) is 0 Å². The van der Waals surface area contributed by atoms with E-state index in [0.29, 0.717) is 23.1 Å². The average molecular weight is 431 g/mol. The van der Waals surface area contributed by atoms with Gasteiger partial charge in [-0.15, -0.1) is 0 Å². The van der Waals surface area contributed by atoms with Crippen LogP contribution >= 0.6 is 0 Å². The van der Waals surface area contributed by atoms with Gasteiger partial charge in [0, 0.05) is 61.2 Å². The summed E-state index contributed by atoms with van der Waals surface area (Å²) in [7, 11) is 2.06. The van der Waals surface area contributed by atoms with Crippen molar-refractivity contribution >= 4 is 40.4 Å². The summed E-state index contributed by atoms with van der Waals surface area (Å²) in [5.74, 6) is 0.658. The van der Waals surface area contributed by atoms with Crippen molar-refractivity contribution in [3.63, 3.8) is 0 Å². The number of benzene rings is 1. The highest BCUT2D eigenvalue weighted by Crippen LogP contribution is 2.24. The summed E-state index contributed by atoms with van der Waals surface area (Å²) < 4.78 is 2.13. The van der Waals surface area contributed by atoms with Gasteiger partial charge in [0.2, 0.25) is 11.9 Å². The first kappa shape index (κ1) is 20.2. The number of carbonyl (C=O) groups is 2. The number of fused-ring (bicyclic) bond motifs is 1. The van der Waals surface area contributed by atoms with Gasteiger partial charge in [-0.1, -0.05) is 0 Å². The predicted molar refractivity (Wildman–Crippen MR) is 124 cm³/mol. The lowest BCUT2D eigenvalue weighted by Crippen LogP contribution is -2.36. The number of aryl methyl sites for hydroxylation is 1. The molecule has 0 radical (unpaired) electrons. The van der Waals surface area contributed by atoms with Gasteiger partial charge in [-0.2, -0.15) is 0 Å². The number of hydrogen-bond donors (Lipinski definition) is 2. The average Bonchev–Trinajstić information content (AvgIpc) is 3.33. The van der Waals surface area contributed by atoms with E-state index in [9.17, 15) is 9.59 Å². The molecule has 0 spiro atoms. The van der Waals surface area contributed by atoms with Crippen LogP contribution in [-0.2, 0) is 16.6 Å². The van der Waals surface area contributed by atoms with Crippen LogP contribution in [-0.4, -0.2) is 46.0 Å². The third-order valence-corrected chi connectivity index (χ3v) is 6.26. The molecule has 4 heterocycles. The van der Waals surface area contributed by atoms with Crippen LogP contribution in [0, 0.1) is 5.92 Å². The minimum Gasteiger partial charge on any atom is -0.385 e. The summed E-state index contributed by atoms with van der Waals surface area (Å²) in [5, 5.41) is 7.14. The Morgan fingerprint density at radius 1 is 1.19 bits per heavy atom. The third-order valence-electron chi connectivity index (χ3n) is 6.26. The van der Waals surface area contributed by atoms with Gasteiger partial charge in [-0.25, -0.2) is 9.97 Å². The maximum absolute atomic E-state index is 11.8. The molecule has 0 saturated carbocycles. The van der Waals surface area contributed by atoms with E-state index in [1.165, 1.54) is 10.9 Å². The molecule has 2 amide bonds. The summed E-state index contributed by atoms with van der Waals surface area (Å²) in [6, 6.07) is 10.4. The van der Waals surface area contributed by atoms with Crippen molar-refractivity contribution in [2.45, 2.75) is 19.3 Å². The zero-order chi connectivity index (χ0) is 22.1. The Bertz CT molecular complexity index is 1210. The van der Waals surface area contributed by atoms with Crippen molar-refractivity contribution in [2.75, 3.05) is 29.9 Å². The van der Waals surface area contributed by atoms with Gasteiger partial charge in [-0.3, -0.25) is 14.9 Å². The Balaban J connectivity index is 1.17. The molecule has 2 aromatic heterocycles. The molecule has 3 aromatic rings. The topological polar surface area (TPSA) is 92.2 Å². The highest BCUT2D eigenvalue weighted by atomic mass is 16.2. The number of aromatic nitrogens is 3. The van der Waals surface area contributed by atoms with Crippen LogP contribution in [0.15, 0.2) is 48.3 Å². The maximum Gasteiger partial charge on any atom is 0.254 e. The summed E-state index contributed by atoms with van der Waals surface area (Å²) >= 11 is 0. The molecule has 0 unspecified atom stereocenters. The Hall–Kier alpha value is -3.68. The van der Waals surface area contributed by atoms with Crippen molar-refractivity contribution < 1.29 is 9.59 Å². The molecule has 2 fully saturated rings. The lowest BCUT2D eigenvalue weighted by atomic mass is 9.97. The van der Waals surface area contributed by atoms with E-state index in [4.69, 9.17) is 0 Å². The Morgan fingerprint density at radius 3 is 2.81 bits per heavy atom. The molecule has 164 valence electrons. The molecule has 2 aliphatic rings. The van der Waals surface area contributed by atoms with E-state index in [1.807, 2.05) is 0 Å². The molecular weight excluding hydrogens is 404 g/mol. The van der Waals surface area contributed by atoms with E-state index < -0.39 is 0 Å². The van der Waals surface area contributed by atoms with E-state index in [2.05, 4.69) is 67.6 Å². The zero-order valence-corrected chi connectivity index (χ0v) is 18.0. The molecular formula is C24H26N6O2. The lowest BCUT2D eigenvalue weighted by molar-refractivity contribution is -0.124. The van der Waals surface area contributed by atoms with Gasteiger partial charge in [-0.05, 0) is 55.2 Å². The first-order valence-electron chi connectivity index (χ1n) is 11.0. The fraction of sp³-hybridized carbons (Fsp3) is 0.333. The van der Waals surface area contributed by atoms with Gasteiger partial charge in [0.25, 0.3) is 5.91 Å². The van der Waals surface area contributed by atoms with Gasteiger partial charge in [0.1, 0.15) is 0 Å². The zero-order valence-electron chi connectivity index (χ0n) is 18.0. The van der Waals surface area contributed by atoms with E-state index in [0.717, 1.165) is 38.2 Å². The van der Waals surface area contributed by atoms with Gasteiger partial charge < -0.3 is 14.8 Å². The fourth-order valence-corrected chi connectivity index (χ4v) is 4.38. The SMILES string of the molecule is Cn1ccc2cc(NCC3CCN(c4nccc(/C=C5\CC(=O)NC5=O)n4)CC3)ccc21. The van der Waals surface area contributed by atoms with Crippen LogP contribution in [0.2, 0.25) is 0 Å². The second-order valence-electron chi connectivity index (χ2n) is 8.52. The fourth-order valence-electron chi connectivity index (χ4n) is 4.38. The number of amides is 2. The number of imide groups is 1. The van der Waals surface area contributed by atoms with Crippen molar-refractivity contribution in [1.29, 1.82) is 0 Å². The number of piperidine rings is 1. The molecule has 0 bridgehead atoms. The molecule has 5 rings (SSSR count). The summed E-state index contributed by atoms with van der Waals surface area (Å²) in [6.45, 7) is 2.73. The largest absolute Gasteiger partial charge is 0.385 e. The highest BCUT2D eigenvalue weighted by molar-refractivity contribution is 6.15. The maximum atomic E-state index is 11.8. The predicted octanol–water partition coefficient (Wildman–Crippen LogP) is 2.73. The molecule has 0 aliphatic carbocycles.